The van der Waals surface area contributed by atoms with Gasteiger partial charge in [-0.05, 0) is 30.0 Å². The first-order chi connectivity index (χ1) is 12.2. The molecule has 1 atom stereocenters. The predicted molar refractivity (Wildman–Crippen MR) is 102 cm³/mol. The number of carbonyl (C=O) groups is 2. The van der Waals surface area contributed by atoms with Crippen molar-refractivity contribution in [3.63, 3.8) is 0 Å². The van der Waals surface area contributed by atoms with Gasteiger partial charge in [0.05, 0.1) is 14.2 Å². The molecule has 0 bridgehead atoms. The minimum Gasteiger partial charge on any atom is -0.493 e. The molecule has 6 nitrogen and oxygen atoms in total. The Hall–Kier alpha value is -2.24. The Kier molecular flexibility index (Phi) is 8.42. The molecule has 1 unspecified atom stereocenters. The summed E-state index contributed by atoms with van der Waals surface area (Å²) < 4.78 is 10.6. The number of carbonyl (C=O) groups excluding carboxylic acids is 2. The second kappa shape index (κ2) is 10.0. The van der Waals surface area contributed by atoms with Crippen LogP contribution in [-0.2, 0) is 16.0 Å². The van der Waals surface area contributed by atoms with Crippen LogP contribution in [0.5, 0.6) is 11.5 Å². The van der Waals surface area contributed by atoms with Crippen LogP contribution >= 0.6 is 0 Å². The van der Waals surface area contributed by atoms with Crippen molar-refractivity contribution in [3.05, 3.63) is 23.8 Å². The summed E-state index contributed by atoms with van der Waals surface area (Å²) in [5.41, 5.74) is 1.05. The summed E-state index contributed by atoms with van der Waals surface area (Å²) in [5.74, 6) is 1.04. The van der Waals surface area contributed by atoms with Crippen LogP contribution in [0.2, 0.25) is 0 Å². The molecule has 0 aromatic heterocycles. The zero-order valence-electron chi connectivity index (χ0n) is 17.0. The highest BCUT2D eigenvalue weighted by Gasteiger charge is 2.27. The van der Waals surface area contributed by atoms with Crippen molar-refractivity contribution in [3.8, 4) is 11.5 Å². The number of benzene rings is 1. The van der Waals surface area contributed by atoms with Crippen molar-refractivity contribution in [2.75, 3.05) is 27.8 Å². The minimum absolute atomic E-state index is 0.0220. The fourth-order valence-electron chi connectivity index (χ4n) is 2.51. The summed E-state index contributed by atoms with van der Waals surface area (Å²) in [6.45, 7) is 8.06. The Morgan fingerprint density at radius 2 is 1.69 bits per heavy atom. The van der Waals surface area contributed by atoms with E-state index in [2.05, 4.69) is 5.32 Å². The van der Waals surface area contributed by atoms with Gasteiger partial charge in [-0.3, -0.25) is 9.59 Å². The maximum absolute atomic E-state index is 12.8. The van der Waals surface area contributed by atoms with Gasteiger partial charge in [0.2, 0.25) is 11.8 Å². The Balaban J connectivity index is 2.74. The van der Waals surface area contributed by atoms with Crippen LogP contribution in [0.3, 0.4) is 0 Å². The maximum atomic E-state index is 12.8. The van der Waals surface area contributed by atoms with Gasteiger partial charge in [0.1, 0.15) is 6.04 Å². The number of hydrogen-bond donors (Lipinski definition) is 1. The van der Waals surface area contributed by atoms with E-state index in [0.29, 0.717) is 24.5 Å². The molecule has 0 aliphatic carbocycles. The van der Waals surface area contributed by atoms with Gasteiger partial charge in [-0.25, -0.2) is 0 Å². The molecule has 146 valence electrons. The molecule has 1 aromatic carbocycles. The Morgan fingerprint density at radius 1 is 1.08 bits per heavy atom. The second-order valence-corrected chi connectivity index (χ2v) is 7.08. The molecule has 0 heterocycles. The summed E-state index contributed by atoms with van der Waals surface area (Å²) in [6.07, 6.45) is 0.686. The third-order valence-electron chi connectivity index (χ3n) is 4.31. The topological polar surface area (TPSA) is 67.9 Å². The van der Waals surface area contributed by atoms with Gasteiger partial charge in [0.15, 0.2) is 11.5 Å². The van der Waals surface area contributed by atoms with Crippen LogP contribution < -0.4 is 14.8 Å². The van der Waals surface area contributed by atoms with Gasteiger partial charge < -0.3 is 19.7 Å². The highest BCUT2D eigenvalue weighted by molar-refractivity contribution is 5.88. The molecule has 1 N–H and O–H groups in total. The molecule has 0 aliphatic rings. The van der Waals surface area contributed by atoms with Crippen LogP contribution in [-0.4, -0.2) is 50.6 Å². The van der Waals surface area contributed by atoms with Gasteiger partial charge in [-0.15, -0.1) is 0 Å². The zero-order chi connectivity index (χ0) is 19.9. The predicted octanol–water partition coefficient (Wildman–Crippen LogP) is 2.50. The van der Waals surface area contributed by atoms with Gasteiger partial charge in [0.25, 0.3) is 0 Å². The third kappa shape index (κ3) is 5.93. The number of nitrogens with zero attached hydrogens (tertiary/aromatic N) is 1. The largest absolute Gasteiger partial charge is 0.493 e. The van der Waals surface area contributed by atoms with E-state index in [1.54, 1.807) is 26.2 Å². The monoisotopic (exact) mass is 364 g/mol. The van der Waals surface area contributed by atoms with Crippen LogP contribution in [0.1, 0.15) is 33.3 Å². The quantitative estimate of drug-likeness (QED) is 0.731. The lowest BCUT2D eigenvalue weighted by molar-refractivity contribution is -0.137. The van der Waals surface area contributed by atoms with E-state index in [4.69, 9.17) is 9.47 Å². The average molecular weight is 364 g/mol. The first kappa shape index (κ1) is 21.8. The molecular weight excluding hydrogens is 332 g/mol. The zero-order valence-corrected chi connectivity index (χ0v) is 17.0. The van der Waals surface area contributed by atoms with Crippen molar-refractivity contribution in [2.24, 2.45) is 11.8 Å². The molecule has 1 aromatic rings. The number of amides is 2. The fourth-order valence-corrected chi connectivity index (χ4v) is 2.51. The number of ether oxygens (including phenoxy) is 2. The number of methoxy groups -OCH3 is 2. The molecule has 0 saturated heterocycles. The first-order valence-corrected chi connectivity index (χ1v) is 8.97. The van der Waals surface area contributed by atoms with Gasteiger partial charge in [-0.1, -0.05) is 33.8 Å². The van der Waals surface area contributed by atoms with E-state index in [0.717, 1.165) is 5.56 Å². The van der Waals surface area contributed by atoms with E-state index in [9.17, 15) is 9.59 Å². The standard InChI is InChI=1S/C20H32N2O4/c1-13(2)18(21-19(23)14(3)4)20(24)22(5)11-10-15-8-9-16(25-6)17(12-15)26-7/h8-9,12-14,18H,10-11H2,1-7H3,(H,21,23). The molecule has 1 rings (SSSR count). The molecule has 6 heteroatoms. The summed E-state index contributed by atoms with van der Waals surface area (Å²) in [5, 5.41) is 2.86. The van der Waals surface area contributed by atoms with Gasteiger partial charge >= 0.3 is 0 Å². The molecule has 0 aliphatic heterocycles. The number of likely N-dealkylation sites (N-methyl/N-ethyl adjacent to an activating group) is 1. The lowest BCUT2D eigenvalue weighted by atomic mass is 10.0. The molecule has 0 spiro atoms. The van der Waals surface area contributed by atoms with Crippen molar-refractivity contribution >= 4 is 11.8 Å². The molecule has 0 fully saturated rings. The molecule has 26 heavy (non-hydrogen) atoms. The number of hydrogen-bond acceptors (Lipinski definition) is 4. The normalized spacial score (nSPS) is 12.0. The lowest BCUT2D eigenvalue weighted by Crippen LogP contribution is -2.51. The van der Waals surface area contributed by atoms with E-state index in [1.807, 2.05) is 45.9 Å². The molecular formula is C20H32N2O4. The van der Waals surface area contributed by atoms with E-state index < -0.39 is 6.04 Å². The van der Waals surface area contributed by atoms with E-state index in [1.165, 1.54) is 0 Å². The fraction of sp³-hybridized carbons (Fsp3) is 0.600. The van der Waals surface area contributed by atoms with Crippen LogP contribution in [0.25, 0.3) is 0 Å². The summed E-state index contributed by atoms with van der Waals surface area (Å²) in [4.78, 5) is 26.4. The van der Waals surface area contributed by atoms with Crippen LogP contribution in [0, 0.1) is 11.8 Å². The van der Waals surface area contributed by atoms with Gasteiger partial charge in [0, 0.05) is 19.5 Å². The van der Waals surface area contributed by atoms with Crippen LogP contribution in [0.15, 0.2) is 18.2 Å². The van der Waals surface area contributed by atoms with Crippen molar-refractivity contribution in [1.82, 2.24) is 10.2 Å². The maximum Gasteiger partial charge on any atom is 0.245 e. The Morgan fingerprint density at radius 3 is 2.19 bits per heavy atom. The van der Waals surface area contributed by atoms with E-state index in [-0.39, 0.29) is 23.7 Å². The Labute approximate surface area is 156 Å². The van der Waals surface area contributed by atoms with Gasteiger partial charge in [-0.2, -0.15) is 0 Å². The SMILES string of the molecule is COc1ccc(CCN(C)C(=O)C(NC(=O)C(C)C)C(C)C)cc1OC. The van der Waals surface area contributed by atoms with Crippen LogP contribution in [0.4, 0.5) is 0 Å². The molecule has 0 saturated carbocycles. The Bertz CT molecular complexity index is 614. The van der Waals surface area contributed by atoms with E-state index >= 15 is 0 Å². The summed E-state index contributed by atoms with van der Waals surface area (Å²) in [6, 6.07) is 5.22. The van der Waals surface area contributed by atoms with Crippen molar-refractivity contribution < 1.29 is 19.1 Å². The summed E-state index contributed by atoms with van der Waals surface area (Å²) >= 11 is 0. The number of rotatable bonds is 9. The van der Waals surface area contributed by atoms with Crippen molar-refractivity contribution in [2.45, 2.75) is 40.2 Å². The summed E-state index contributed by atoms with van der Waals surface area (Å²) in [7, 11) is 4.96. The lowest BCUT2D eigenvalue weighted by Gasteiger charge is -2.27. The van der Waals surface area contributed by atoms with Crippen molar-refractivity contribution in [1.29, 1.82) is 0 Å². The second-order valence-electron chi connectivity index (χ2n) is 7.08. The molecule has 2 amide bonds. The number of nitrogens with one attached hydrogen (secondary N) is 1. The minimum atomic E-state index is -0.514. The highest BCUT2D eigenvalue weighted by atomic mass is 16.5. The smallest absolute Gasteiger partial charge is 0.245 e. The molecule has 0 radical (unpaired) electrons. The highest BCUT2D eigenvalue weighted by Crippen LogP contribution is 2.27. The third-order valence-corrected chi connectivity index (χ3v) is 4.31. The average Bonchev–Trinajstić information content (AvgIpc) is 2.62. The first-order valence-electron chi connectivity index (χ1n) is 8.97.